The largest absolute Gasteiger partial charge is 0.497 e. The summed E-state index contributed by atoms with van der Waals surface area (Å²) in [4.78, 5) is 28.3. The van der Waals surface area contributed by atoms with E-state index in [1.165, 1.54) is 35.2 Å². The Morgan fingerprint density at radius 1 is 1.00 bits per heavy atom. The average molecular weight is 614 g/mol. The molecule has 0 aliphatic carbocycles. The van der Waals surface area contributed by atoms with Crippen molar-refractivity contribution in [2.75, 3.05) is 37.7 Å². The summed E-state index contributed by atoms with van der Waals surface area (Å²) >= 11 is 0. The van der Waals surface area contributed by atoms with Crippen molar-refractivity contribution in [1.29, 1.82) is 0 Å². The second-order valence-electron chi connectivity index (χ2n) is 9.98. The van der Waals surface area contributed by atoms with Crippen molar-refractivity contribution in [3.05, 3.63) is 78.1 Å². The normalized spacial score (nSPS) is 13.1. The number of methoxy groups -OCH3 is 1. The molecule has 230 valence electrons. The second kappa shape index (κ2) is 14.2. The number of nitrogens with one attached hydrogen (secondary N) is 1. The molecular formula is C31H36FN3O7S. The SMILES string of the molecule is CCCCNC(=O)[C@H](C)N(Cc1ccc(OC)cc1)C(=O)CN(c1ccc(F)cc1)S(=O)(=O)c1ccc2c(c1)OCCO2. The van der Waals surface area contributed by atoms with Crippen LogP contribution in [0.3, 0.4) is 0 Å². The molecule has 0 fully saturated rings. The van der Waals surface area contributed by atoms with Gasteiger partial charge in [-0.1, -0.05) is 25.5 Å². The van der Waals surface area contributed by atoms with Gasteiger partial charge in [-0.05, 0) is 67.4 Å². The van der Waals surface area contributed by atoms with Crippen LogP contribution >= 0.6 is 0 Å². The zero-order chi connectivity index (χ0) is 31.0. The maximum Gasteiger partial charge on any atom is 0.264 e. The third-order valence-corrected chi connectivity index (χ3v) is 8.77. The molecule has 43 heavy (non-hydrogen) atoms. The van der Waals surface area contributed by atoms with Gasteiger partial charge in [-0.25, -0.2) is 12.8 Å². The number of rotatable bonds is 13. The van der Waals surface area contributed by atoms with Crippen LogP contribution in [0.25, 0.3) is 0 Å². The van der Waals surface area contributed by atoms with Crippen molar-refractivity contribution in [1.82, 2.24) is 10.2 Å². The van der Waals surface area contributed by atoms with E-state index < -0.39 is 34.3 Å². The van der Waals surface area contributed by atoms with Gasteiger partial charge >= 0.3 is 0 Å². The van der Waals surface area contributed by atoms with Crippen LogP contribution in [0.4, 0.5) is 10.1 Å². The minimum atomic E-state index is -4.36. The van der Waals surface area contributed by atoms with Crippen molar-refractivity contribution >= 4 is 27.5 Å². The van der Waals surface area contributed by atoms with Crippen molar-refractivity contribution < 1.29 is 36.6 Å². The number of hydrogen-bond acceptors (Lipinski definition) is 7. The lowest BCUT2D eigenvalue weighted by molar-refractivity contribution is -0.139. The van der Waals surface area contributed by atoms with Crippen molar-refractivity contribution in [2.45, 2.75) is 44.2 Å². The topological polar surface area (TPSA) is 114 Å². The molecule has 1 atom stereocenters. The van der Waals surface area contributed by atoms with Crippen LogP contribution in [0.1, 0.15) is 32.3 Å². The Bertz CT molecular complexity index is 1520. The zero-order valence-corrected chi connectivity index (χ0v) is 25.2. The lowest BCUT2D eigenvalue weighted by Gasteiger charge is -2.32. The van der Waals surface area contributed by atoms with E-state index in [1.807, 2.05) is 6.92 Å². The van der Waals surface area contributed by atoms with E-state index in [4.69, 9.17) is 14.2 Å². The highest BCUT2D eigenvalue weighted by molar-refractivity contribution is 7.92. The maximum atomic E-state index is 14.0. The van der Waals surface area contributed by atoms with E-state index in [2.05, 4.69) is 5.32 Å². The molecule has 0 bridgehead atoms. The fraction of sp³-hybridized carbons (Fsp3) is 0.355. The monoisotopic (exact) mass is 613 g/mol. The molecule has 1 aliphatic heterocycles. The Hall–Kier alpha value is -4.32. The first kappa shape index (κ1) is 31.6. The molecule has 4 rings (SSSR count). The number of ether oxygens (including phenoxy) is 3. The van der Waals surface area contributed by atoms with Crippen LogP contribution in [0.2, 0.25) is 0 Å². The minimum Gasteiger partial charge on any atom is -0.497 e. The van der Waals surface area contributed by atoms with E-state index in [1.54, 1.807) is 38.3 Å². The molecule has 0 spiro atoms. The summed E-state index contributed by atoms with van der Waals surface area (Å²) in [5, 5.41) is 2.85. The number of fused-ring (bicyclic) bond motifs is 1. The number of nitrogens with zero attached hydrogens (tertiary/aromatic N) is 2. The fourth-order valence-electron chi connectivity index (χ4n) is 4.49. The van der Waals surface area contributed by atoms with Crippen LogP contribution < -0.4 is 23.8 Å². The molecule has 1 heterocycles. The Morgan fingerprint density at radius 2 is 1.67 bits per heavy atom. The summed E-state index contributed by atoms with van der Waals surface area (Å²) in [6.45, 7) is 4.03. The van der Waals surface area contributed by atoms with Crippen LogP contribution in [-0.2, 0) is 26.2 Å². The Kier molecular flexibility index (Phi) is 10.5. The predicted molar refractivity (Wildman–Crippen MR) is 159 cm³/mol. The predicted octanol–water partition coefficient (Wildman–Crippen LogP) is 4.13. The Balaban J connectivity index is 1.69. The highest BCUT2D eigenvalue weighted by atomic mass is 32.2. The first-order valence-electron chi connectivity index (χ1n) is 14.0. The number of sulfonamides is 1. The van der Waals surface area contributed by atoms with Crippen LogP contribution in [0, 0.1) is 5.82 Å². The summed E-state index contributed by atoms with van der Waals surface area (Å²) in [7, 11) is -2.82. The van der Waals surface area contributed by atoms with Gasteiger partial charge in [0.25, 0.3) is 10.0 Å². The first-order chi connectivity index (χ1) is 20.6. The molecule has 1 N–H and O–H groups in total. The third-order valence-electron chi connectivity index (χ3n) is 7.00. The molecule has 0 saturated carbocycles. The van der Waals surface area contributed by atoms with E-state index in [0.29, 0.717) is 30.2 Å². The van der Waals surface area contributed by atoms with Gasteiger partial charge in [-0.2, -0.15) is 0 Å². The summed E-state index contributed by atoms with van der Waals surface area (Å²) in [5.74, 6) is -0.262. The van der Waals surface area contributed by atoms with Crippen LogP contribution in [0.5, 0.6) is 17.2 Å². The zero-order valence-electron chi connectivity index (χ0n) is 24.4. The number of unbranched alkanes of at least 4 members (excludes halogenated alkanes) is 1. The second-order valence-corrected chi connectivity index (χ2v) is 11.8. The minimum absolute atomic E-state index is 0.0342. The van der Waals surface area contributed by atoms with Gasteiger partial charge in [0.05, 0.1) is 17.7 Å². The molecule has 3 aromatic rings. The quantitative estimate of drug-likeness (QED) is 0.288. The highest BCUT2D eigenvalue weighted by Gasteiger charge is 2.33. The molecule has 2 amide bonds. The van der Waals surface area contributed by atoms with Crippen LogP contribution in [0.15, 0.2) is 71.6 Å². The van der Waals surface area contributed by atoms with Gasteiger partial charge < -0.3 is 24.4 Å². The van der Waals surface area contributed by atoms with Gasteiger partial charge in [0, 0.05) is 19.2 Å². The van der Waals surface area contributed by atoms with E-state index in [9.17, 15) is 22.4 Å². The van der Waals surface area contributed by atoms with Gasteiger partial charge in [-0.15, -0.1) is 0 Å². The molecule has 3 aromatic carbocycles. The molecule has 1 aliphatic rings. The number of carbonyl (C=O) groups is 2. The Morgan fingerprint density at radius 3 is 2.33 bits per heavy atom. The summed E-state index contributed by atoms with van der Waals surface area (Å²) in [6, 6.07) is 15.1. The molecule has 0 unspecified atom stereocenters. The highest BCUT2D eigenvalue weighted by Crippen LogP contribution is 2.34. The number of benzene rings is 3. The molecular weight excluding hydrogens is 577 g/mol. The maximum absolute atomic E-state index is 14.0. The lowest BCUT2D eigenvalue weighted by atomic mass is 10.1. The summed E-state index contributed by atoms with van der Waals surface area (Å²) in [6.07, 6.45) is 1.66. The van der Waals surface area contributed by atoms with Gasteiger partial charge in [0.2, 0.25) is 11.8 Å². The molecule has 0 aromatic heterocycles. The Labute approximate surface area is 251 Å². The van der Waals surface area contributed by atoms with Crippen molar-refractivity contribution in [3.8, 4) is 17.2 Å². The average Bonchev–Trinajstić information content (AvgIpc) is 3.02. The van der Waals surface area contributed by atoms with Gasteiger partial charge in [0.15, 0.2) is 11.5 Å². The van der Waals surface area contributed by atoms with Gasteiger partial charge in [-0.3, -0.25) is 13.9 Å². The summed E-state index contributed by atoms with van der Waals surface area (Å²) < 4.78 is 59.1. The van der Waals surface area contributed by atoms with Crippen molar-refractivity contribution in [2.24, 2.45) is 0 Å². The number of halogens is 1. The number of anilines is 1. The van der Waals surface area contributed by atoms with E-state index in [-0.39, 0.29) is 35.4 Å². The molecule has 0 saturated heterocycles. The number of amides is 2. The summed E-state index contributed by atoms with van der Waals surface area (Å²) in [5.41, 5.74) is 0.791. The first-order valence-corrected chi connectivity index (χ1v) is 15.5. The number of carbonyl (C=O) groups excluding carboxylic acids is 2. The fourth-order valence-corrected chi connectivity index (χ4v) is 5.92. The molecule has 10 nitrogen and oxygen atoms in total. The van der Waals surface area contributed by atoms with Gasteiger partial charge in [0.1, 0.15) is 37.4 Å². The number of hydrogen-bond donors (Lipinski definition) is 1. The van der Waals surface area contributed by atoms with Crippen molar-refractivity contribution in [3.63, 3.8) is 0 Å². The van der Waals surface area contributed by atoms with E-state index in [0.717, 1.165) is 29.3 Å². The van der Waals surface area contributed by atoms with E-state index >= 15 is 0 Å². The molecule has 0 radical (unpaired) electrons. The smallest absolute Gasteiger partial charge is 0.264 e. The van der Waals surface area contributed by atoms with Crippen LogP contribution in [-0.4, -0.2) is 64.6 Å². The lowest BCUT2D eigenvalue weighted by Crippen LogP contribution is -2.51. The molecule has 12 heteroatoms. The third kappa shape index (κ3) is 7.75. The standard InChI is InChI=1S/C31H36FN3O7S/c1-4-5-16-33-31(37)22(2)34(20-23-6-12-26(40-3)13-7-23)30(36)21-35(25-10-8-24(32)9-11-25)43(38,39)27-14-15-28-29(19-27)42-18-17-41-28/h6-15,19,22H,4-5,16-18,20-21H2,1-3H3,(H,33,37)/t22-/m0/s1.